The first-order valence-corrected chi connectivity index (χ1v) is 10.0. The molecule has 1 saturated heterocycles. The van der Waals surface area contributed by atoms with Gasteiger partial charge in [0.05, 0.1) is 23.6 Å². The number of imidazole rings is 1. The Kier molecular flexibility index (Phi) is 4.55. The summed E-state index contributed by atoms with van der Waals surface area (Å²) in [5, 5.41) is 16.6. The number of ether oxygens (including phenoxy) is 1. The van der Waals surface area contributed by atoms with E-state index in [4.69, 9.17) is 4.74 Å². The summed E-state index contributed by atoms with van der Waals surface area (Å²) in [5.41, 5.74) is 2.58. The van der Waals surface area contributed by atoms with Crippen LogP contribution in [-0.4, -0.2) is 50.7 Å². The van der Waals surface area contributed by atoms with E-state index in [1.165, 1.54) is 0 Å². The molecule has 0 spiro atoms. The fourth-order valence-electron chi connectivity index (χ4n) is 3.65. The molecule has 29 heavy (non-hydrogen) atoms. The molecule has 1 unspecified atom stereocenters. The van der Waals surface area contributed by atoms with Gasteiger partial charge in [0.1, 0.15) is 5.75 Å². The van der Waals surface area contributed by atoms with Crippen LogP contribution < -0.4 is 10.6 Å². The van der Waals surface area contributed by atoms with E-state index < -0.39 is 0 Å². The highest BCUT2D eigenvalue weighted by Crippen LogP contribution is 2.29. The third kappa shape index (κ3) is 3.63. The molecule has 1 atom stereocenters. The average Bonchev–Trinajstić information content (AvgIpc) is 3.20. The number of hydrogen-bond acceptors (Lipinski definition) is 6. The highest BCUT2D eigenvalue weighted by Gasteiger charge is 2.25. The lowest BCUT2D eigenvalue weighted by molar-refractivity contribution is 0.0948. The maximum absolute atomic E-state index is 12.2. The minimum absolute atomic E-state index is 0.0404. The summed E-state index contributed by atoms with van der Waals surface area (Å²) >= 11 is 0. The van der Waals surface area contributed by atoms with E-state index in [1.54, 1.807) is 24.5 Å². The molecule has 8 nitrogen and oxygen atoms in total. The van der Waals surface area contributed by atoms with Gasteiger partial charge < -0.3 is 20.5 Å². The van der Waals surface area contributed by atoms with Crippen LogP contribution in [0.1, 0.15) is 36.0 Å². The van der Waals surface area contributed by atoms with Gasteiger partial charge in [0.2, 0.25) is 0 Å². The molecule has 1 aliphatic carbocycles. The number of nitrogens with zero attached hydrogens (tertiary/aromatic N) is 3. The number of rotatable bonds is 6. The number of anilines is 1. The number of hydrogen-bond donors (Lipinski definition) is 3. The van der Waals surface area contributed by atoms with E-state index in [2.05, 4.69) is 20.6 Å². The molecule has 5 rings (SSSR count). The molecule has 1 aliphatic heterocycles. The normalized spacial score (nSPS) is 18.8. The van der Waals surface area contributed by atoms with Crippen molar-refractivity contribution in [1.29, 1.82) is 0 Å². The number of aromatic nitrogens is 3. The number of fused-ring (bicyclic) bond motifs is 1. The molecule has 0 radical (unpaired) electrons. The van der Waals surface area contributed by atoms with E-state index in [0.29, 0.717) is 18.0 Å². The topological polar surface area (TPSA) is 101 Å². The summed E-state index contributed by atoms with van der Waals surface area (Å²) in [6.07, 6.45) is 9.65. The molecule has 3 N–H and O–H groups in total. The van der Waals surface area contributed by atoms with Crippen molar-refractivity contribution in [3.8, 4) is 17.0 Å². The van der Waals surface area contributed by atoms with Gasteiger partial charge in [-0.25, -0.2) is 9.97 Å². The van der Waals surface area contributed by atoms with Crippen molar-refractivity contribution in [2.24, 2.45) is 0 Å². The van der Waals surface area contributed by atoms with Gasteiger partial charge in [-0.2, -0.15) is 0 Å². The van der Waals surface area contributed by atoms with E-state index in [9.17, 15) is 9.90 Å². The van der Waals surface area contributed by atoms with E-state index in [0.717, 1.165) is 43.5 Å². The Bertz CT molecular complexity index is 1050. The van der Waals surface area contributed by atoms with Gasteiger partial charge >= 0.3 is 0 Å². The Labute approximate surface area is 167 Å². The van der Waals surface area contributed by atoms with Crippen molar-refractivity contribution in [2.45, 2.75) is 37.8 Å². The fourth-order valence-corrected chi connectivity index (χ4v) is 3.65. The molecular formula is C21H23N5O3. The number of carbonyl (C=O) groups excluding carboxylic acids is 1. The molecule has 1 amide bonds. The maximum Gasteiger partial charge on any atom is 0.255 e. The first kappa shape index (κ1) is 17.9. The molecule has 150 valence electrons. The van der Waals surface area contributed by atoms with Gasteiger partial charge in [0.25, 0.3) is 5.91 Å². The second-order valence-electron chi connectivity index (χ2n) is 7.61. The van der Waals surface area contributed by atoms with Crippen LogP contribution in [0.2, 0.25) is 0 Å². The molecule has 1 aromatic carbocycles. The van der Waals surface area contributed by atoms with E-state index >= 15 is 0 Å². The summed E-state index contributed by atoms with van der Waals surface area (Å²) in [4.78, 5) is 21.2. The number of carbonyl (C=O) groups is 1. The van der Waals surface area contributed by atoms with Crippen LogP contribution >= 0.6 is 0 Å². The first-order chi connectivity index (χ1) is 14.2. The predicted octanol–water partition coefficient (Wildman–Crippen LogP) is 2.59. The zero-order valence-corrected chi connectivity index (χ0v) is 16.0. The number of aromatic hydroxyl groups is 1. The lowest BCUT2D eigenvalue weighted by Crippen LogP contribution is -2.25. The van der Waals surface area contributed by atoms with Gasteiger partial charge in [-0.3, -0.25) is 9.20 Å². The Morgan fingerprint density at radius 1 is 1.28 bits per heavy atom. The van der Waals surface area contributed by atoms with Crippen molar-refractivity contribution in [1.82, 2.24) is 19.7 Å². The second kappa shape index (κ2) is 7.36. The van der Waals surface area contributed by atoms with Gasteiger partial charge in [0, 0.05) is 37.2 Å². The van der Waals surface area contributed by atoms with Crippen LogP contribution in [0.4, 0.5) is 5.82 Å². The molecule has 3 heterocycles. The molecule has 2 aromatic heterocycles. The largest absolute Gasteiger partial charge is 0.507 e. The minimum Gasteiger partial charge on any atom is -0.507 e. The standard InChI is InChI=1S/C21H23N5O3/c27-18-10-13(3-6-16(18)21(28)25-14-4-5-14)17-12-24-20-19(22-7-8-26(17)20)23-11-15-2-1-9-29-15/h3,6-8,10,12,14-15,27H,1-2,4-5,9,11H2,(H,22,23)(H,25,28). The summed E-state index contributed by atoms with van der Waals surface area (Å²) in [6.45, 7) is 1.51. The predicted molar refractivity (Wildman–Crippen MR) is 108 cm³/mol. The number of phenolic OH excluding ortho intramolecular Hbond substituents is 1. The van der Waals surface area contributed by atoms with Crippen LogP contribution in [-0.2, 0) is 4.74 Å². The van der Waals surface area contributed by atoms with Crippen molar-refractivity contribution < 1.29 is 14.6 Å². The molecule has 3 aromatic rings. The average molecular weight is 393 g/mol. The lowest BCUT2D eigenvalue weighted by atomic mass is 10.1. The molecule has 1 saturated carbocycles. The third-order valence-corrected chi connectivity index (χ3v) is 5.40. The summed E-state index contributed by atoms with van der Waals surface area (Å²) in [5.74, 6) is 0.416. The number of phenols is 1. The highest BCUT2D eigenvalue weighted by atomic mass is 16.5. The van der Waals surface area contributed by atoms with Crippen molar-refractivity contribution >= 4 is 17.4 Å². The van der Waals surface area contributed by atoms with E-state index in [-0.39, 0.29) is 29.4 Å². The monoisotopic (exact) mass is 393 g/mol. The first-order valence-electron chi connectivity index (χ1n) is 10.0. The quantitative estimate of drug-likeness (QED) is 0.595. The molecule has 8 heteroatoms. The molecule has 0 bridgehead atoms. The maximum atomic E-state index is 12.2. The minimum atomic E-state index is -0.237. The fraction of sp³-hybridized carbons (Fsp3) is 0.381. The van der Waals surface area contributed by atoms with Crippen molar-refractivity contribution in [3.05, 3.63) is 42.4 Å². The highest BCUT2D eigenvalue weighted by molar-refractivity contribution is 5.97. The van der Waals surface area contributed by atoms with Crippen LogP contribution in [0.5, 0.6) is 5.75 Å². The zero-order valence-electron chi connectivity index (χ0n) is 16.0. The third-order valence-electron chi connectivity index (χ3n) is 5.40. The zero-order chi connectivity index (χ0) is 19.8. The number of nitrogens with one attached hydrogen (secondary N) is 2. The SMILES string of the molecule is O=C(NC1CC1)c1ccc(-c2cnc3c(NCC4CCCO4)nccn23)cc1O. The Morgan fingerprint density at radius 3 is 2.93 bits per heavy atom. The molecule has 2 fully saturated rings. The van der Waals surface area contributed by atoms with Gasteiger partial charge in [-0.1, -0.05) is 6.07 Å². The van der Waals surface area contributed by atoms with Crippen LogP contribution in [0.15, 0.2) is 36.8 Å². The summed E-state index contributed by atoms with van der Waals surface area (Å²) < 4.78 is 7.58. The van der Waals surface area contributed by atoms with Gasteiger partial charge in [-0.15, -0.1) is 0 Å². The van der Waals surface area contributed by atoms with Crippen LogP contribution in [0, 0.1) is 0 Å². The lowest BCUT2D eigenvalue weighted by Gasteiger charge is -2.12. The van der Waals surface area contributed by atoms with E-state index in [1.807, 2.05) is 16.7 Å². The Morgan fingerprint density at radius 2 is 2.17 bits per heavy atom. The Balaban J connectivity index is 1.40. The van der Waals surface area contributed by atoms with Crippen LogP contribution in [0.25, 0.3) is 16.9 Å². The molecule has 2 aliphatic rings. The Hall–Kier alpha value is -3.13. The number of amides is 1. The summed E-state index contributed by atoms with van der Waals surface area (Å²) in [6, 6.07) is 5.32. The summed E-state index contributed by atoms with van der Waals surface area (Å²) in [7, 11) is 0. The van der Waals surface area contributed by atoms with Gasteiger partial charge in [-0.05, 0) is 37.8 Å². The smallest absolute Gasteiger partial charge is 0.255 e. The second-order valence-corrected chi connectivity index (χ2v) is 7.61. The van der Waals surface area contributed by atoms with Crippen molar-refractivity contribution in [3.63, 3.8) is 0 Å². The van der Waals surface area contributed by atoms with Crippen molar-refractivity contribution in [2.75, 3.05) is 18.5 Å². The number of benzene rings is 1. The molecular weight excluding hydrogens is 370 g/mol. The van der Waals surface area contributed by atoms with Gasteiger partial charge in [0.15, 0.2) is 11.5 Å². The van der Waals surface area contributed by atoms with Crippen LogP contribution in [0.3, 0.4) is 0 Å².